The smallest absolute Gasteiger partial charge is 0.241 e. The zero-order valence-corrected chi connectivity index (χ0v) is 10.8. The van der Waals surface area contributed by atoms with Gasteiger partial charge in [0.1, 0.15) is 0 Å². The lowest BCUT2D eigenvalue weighted by Crippen LogP contribution is -2.41. The first-order chi connectivity index (χ1) is 7.63. The van der Waals surface area contributed by atoms with E-state index in [1.54, 1.807) is 7.11 Å². The van der Waals surface area contributed by atoms with E-state index in [4.69, 9.17) is 4.74 Å². The zero-order valence-electron chi connectivity index (χ0n) is 10.8. The summed E-state index contributed by atoms with van der Waals surface area (Å²) in [4.78, 5) is 14.0. The first-order valence-corrected chi connectivity index (χ1v) is 6.23. The lowest BCUT2D eigenvalue weighted by Gasteiger charge is -2.25. The molecule has 0 bridgehead atoms. The molecule has 3 unspecified atom stereocenters. The molecule has 1 aliphatic heterocycles. The summed E-state index contributed by atoms with van der Waals surface area (Å²) >= 11 is 0. The summed E-state index contributed by atoms with van der Waals surface area (Å²) in [7, 11) is 1.68. The van der Waals surface area contributed by atoms with Gasteiger partial charge in [0.25, 0.3) is 0 Å². The van der Waals surface area contributed by atoms with E-state index in [-0.39, 0.29) is 24.2 Å². The van der Waals surface area contributed by atoms with Gasteiger partial charge in [-0.3, -0.25) is 10.1 Å². The minimum absolute atomic E-state index is 0.0130. The molecule has 0 saturated carbocycles. The highest BCUT2D eigenvalue weighted by atomic mass is 16.5. The van der Waals surface area contributed by atoms with Crippen LogP contribution in [0.3, 0.4) is 0 Å². The highest BCUT2D eigenvalue weighted by molar-refractivity contribution is 5.84. The molecule has 1 aliphatic rings. The fraction of sp³-hybridized carbons (Fsp3) is 0.917. The van der Waals surface area contributed by atoms with Gasteiger partial charge in [-0.15, -0.1) is 0 Å². The number of carbonyl (C=O) groups excluding carboxylic acids is 1. The molecule has 0 aromatic carbocycles. The second-order valence-corrected chi connectivity index (χ2v) is 4.47. The van der Waals surface area contributed by atoms with Crippen LogP contribution in [-0.4, -0.2) is 42.8 Å². The van der Waals surface area contributed by atoms with E-state index in [0.717, 1.165) is 19.3 Å². The Morgan fingerprint density at radius 3 is 2.69 bits per heavy atom. The molecular weight excluding hydrogens is 204 g/mol. The normalized spacial score (nSPS) is 27.5. The molecule has 1 heterocycles. The number of rotatable bonds is 6. The van der Waals surface area contributed by atoms with Crippen molar-refractivity contribution < 1.29 is 9.53 Å². The molecule has 94 valence electrons. The Morgan fingerprint density at radius 2 is 2.19 bits per heavy atom. The van der Waals surface area contributed by atoms with Gasteiger partial charge in [0.15, 0.2) is 0 Å². The van der Waals surface area contributed by atoms with Gasteiger partial charge in [-0.2, -0.15) is 0 Å². The maximum Gasteiger partial charge on any atom is 0.241 e. The molecule has 0 aromatic heterocycles. The number of carbonyl (C=O) groups is 1. The molecule has 1 N–H and O–H groups in total. The molecule has 1 saturated heterocycles. The van der Waals surface area contributed by atoms with Gasteiger partial charge in [0, 0.05) is 13.7 Å². The molecule has 1 rings (SSSR count). The summed E-state index contributed by atoms with van der Waals surface area (Å²) in [5, 5.41) is 3.39. The van der Waals surface area contributed by atoms with Crippen molar-refractivity contribution in [3.05, 3.63) is 0 Å². The monoisotopic (exact) mass is 228 g/mol. The lowest BCUT2D eigenvalue weighted by molar-refractivity contribution is -0.131. The molecular formula is C12H24N2O2. The molecule has 0 radical (unpaired) electrons. The number of methoxy groups -OCH3 is 1. The Hall–Kier alpha value is -0.610. The second-order valence-electron chi connectivity index (χ2n) is 4.47. The van der Waals surface area contributed by atoms with Crippen LogP contribution in [0.2, 0.25) is 0 Å². The van der Waals surface area contributed by atoms with E-state index in [9.17, 15) is 4.79 Å². The van der Waals surface area contributed by atoms with Gasteiger partial charge in [-0.1, -0.05) is 20.3 Å². The highest BCUT2D eigenvalue weighted by Gasteiger charge is 2.37. The average molecular weight is 228 g/mol. The van der Waals surface area contributed by atoms with Crippen LogP contribution in [0.15, 0.2) is 0 Å². The van der Waals surface area contributed by atoms with E-state index >= 15 is 0 Å². The third-order valence-corrected chi connectivity index (χ3v) is 3.17. The summed E-state index contributed by atoms with van der Waals surface area (Å²) in [6, 6.07) is 0.0130. The van der Waals surface area contributed by atoms with Crippen molar-refractivity contribution in [2.45, 2.75) is 58.3 Å². The van der Waals surface area contributed by atoms with Gasteiger partial charge in [0.2, 0.25) is 5.91 Å². The quantitative estimate of drug-likeness (QED) is 0.746. The van der Waals surface area contributed by atoms with Gasteiger partial charge >= 0.3 is 0 Å². The van der Waals surface area contributed by atoms with E-state index < -0.39 is 0 Å². The molecule has 1 amide bonds. The van der Waals surface area contributed by atoms with Gasteiger partial charge in [-0.25, -0.2) is 0 Å². The number of amides is 1. The molecule has 0 spiro atoms. The Labute approximate surface area is 98.3 Å². The molecule has 1 fully saturated rings. The van der Waals surface area contributed by atoms with Crippen molar-refractivity contribution in [3.8, 4) is 0 Å². The van der Waals surface area contributed by atoms with Crippen molar-refractivity contribution in [2.75, 3.05) is 13.7 Å². The summed E-state index contributed by atoms with van der Waals surface area (Å²) in [5.74, 6) is 0.234. The number of hydrogen-bond donors (Lipinski definition) is 1. The van der Waals surface area contributed by atoms with E-state index in [2.05, 4.69) is 19.2 Å². The highest BCUT2D eigenvalue weighted by Crippen LogP contribution is 2.17. The number of hydrogen-bond acceptors (Lipinski definition) is 3. The Morgan fingerprint density at radius 1 is 1.50 bits per heavy atom. The largest absolute Gasteiger partial charge is 0.380 e. The fourth-order valence-electron chi connectivity index (χ4n) is 2.15. The molecule has 0 aromatic rings. The molecule has 4 heteroatoms. The maximum absolute atomic E-state index is 12.1. The number of nitrogens with zero attached hydrogens (tertiary/aromatic N) is 1. The van der Waals surface area contributed by atoms with Crippen LogP contribution in [-0.2, 0) is 9.53 Å². The summed E-state index contributed by atoms with van der Waals surface area (Å²) in [6.45, 7) is 6.88. The summed E-state index contributed by atoms with van der Waals surface area (Å²) in [6.07, 6.45) is 3.19. The van der Waals surface area contributed by atoms with Crippen molar-refractivity contribution in [3.63, 3.8) is 0 Å². The Balaban J connectivity index is 2.62. The van der Waals surface area contributed by atoms with Crippen molar-refractivity contribution >= 4 is 5.91 Å². The van der Waals surface area contributed by atoms with E-state index in [1.807, 2.05) is 11.8 Å². The van der Waals surface area contributed by atoms with Crippen molar-refractivity contribution in [2.24, 2.45) is 0 Å². The predicted molar refractivity (Wildman–Crippen MR) is 64.1 cm³/mol. The Bertz CT molecular complexity index is 233. The van der Waals surface area contributed by atoms with Crippen LogP contribution in [0.1, 0.15) is 40.0 Å². The van der Waals surface area contributed by atoms with Crippen LogP contribution in [0, 0.1) is 0 Å². The fourth-order valence-corrected chi connectivity index (χ4v) is 2.15. The lowest BCUT2D eigenvalue weighted by atomic mass is 10.1. The van der Waals surface area contributed by atoms with Gasteiger partial charge < -0.3 is 9.64 Å². The van der Waals surface area contributed by atoms with Crippen LogP contribution in [0.4, 0.5) is 0 Å². The van der Waals surface area contributed by atoms with Crippen molar-refractivity contribution in [1.82, 2.24) is 10.2 Å². The summed E-state index contributed by atoms with van der Waals surface area (Å²) in [5.41, 5.74) is 0. The second kappa shape index (κ2) is 6.21. The third-order valence-electron chi connectivity index (χ3n) is 3.17. The Kier molecular flexibility index (Phi) is 5.22. The van der Waals surface area contributed by atoms with Crippen molar-refractivity contribution in [1.29, 1.82) is 0 Å². The predicted octanol–water partition coefficient (Wildman–Crippen LogP) is 1.36. The molecule has 16 heavy (non-hydrogen) atoms. The van der Waals surface area contributed by atoms with Crippen LogP contribution >= 0.6 is 0 Å². The molecule has 0 aliphatic carbocycles. The molecule has 4 nitrogen and oxygen atoms in total. The van der Waals surface area contributed by atoms with E-state index in [1.165, 1.54) is 0 Å². The zero-order chi connectivity index (χ0) is 12.1. The van der Waals surface area contributed by atoms with Crippen LogP contribution < -0.4 is 5.32 Å². The molecule has 3 atom stereocenters. The minimum Gasteiger partial charge on any atom is -0.380 e. The SMILES string of the molecule is CCCC1NC(CC)N(CC(C)OC)C1=O. The van der Waals surface area contributed by atoms with Crippen LogP contribution in [0.25, 0.3) is 0 Å². The first kappa shape index (κ1) is 13.5. The minimum atomic E-state index is 0.0130. The van der Waals surface area contributed by atoms with E-state index in [0.29, 0.717) is 6.54 Å². The first-order valence-electron chi connectivity index (χ1n) is 6.23. The summed E-state index contributed by atoms with van der Waals surface area (Å²) < 4.78 is 5.23. The van der Waals surface area contributed by atoms with Gasteiger partial charge in [0.05, 0.1) is 18.3 Å². The standard InChI is InChI=1S/C12H24N2O2/c1-5-7-10-12(15)14(8-9(3)16-4)11(6-2)13-10/h9-11,13H,5-8H2,1-4H3. The number of nitrogens with one attached hydrogen (secondary N) is 1. The third kappa shape index (κ3) is 2.95. The van der Waals surface area contributed by atoms with Gasteiger partial charge in [-0.05, 0) is 19.8 Å². The topological polar surface area (TPSA) is 41.6 Å². The van der Waals surface area contributed by atoms with Crippen LogP contribution in [0.5, 0.6) is 0 Å². The number of ether oxygens (including phenoxy) is 1. The maximum atomic E-state index is 12.1. The average Bonchev–Trinajstić information content (AvgIpc) is 2.57.